The Labute approximate surface area is 180 Å². The van der Waals surface area contributed by atoms with Crippen LogP contribution in [0.15, 0.2) is 24.3 Å². The van der Waals surface area contributed by atoms with Gasteiger partial charge in [0.05, 0.1) is 7.11 Å². The van der Waals surface area contributed by atoms with Crippen LogP contribution in [0, 0.1) is 29.1 Å². The van der Waals surface area contributed by atoms with E-state index in [9.17, 15) is 9.59 Å². The summed E-state index contributed by atoms with van der Waals surface area (Å²) < 4.78 is 5.43. The predicted octanol–water partition coefficient (Wildman–Crippen LogP) is 4.01. The molecule has 1 N–H and O–H groups in total. The summed E-state index contributed by atoms with van der Waals surface area (Å²) in [4.78, 5) is 28.5. The highest BCUT2D eigenvalue weighted by Gasteiger charge is 2.55. The molecule has 0 saturated heterocycles. The molecule has 5 heteroatoms. The second kappa shape index (κ2) is 8.24. The molecule has 0 heterocycles. The van der Waals surface area contributed by atoms with Crippen molar-refractivity contribution >= 4 is 11.8 Å². The Balaban J connectivity index is 1.46. The molecule has 0 unspecified atom stereocenters. The first-order valence-electron chi connectivity index (χ1n) is 11.5. The fourth-order valence-electron chi connectivity index (χ4n) is 6.60. The molecule has 0 spiro atoms. The molecular formula is C25H36N2O3. The van der Waals surface area contributed by atoms with Crippen molar-refractivity contribution in [3.05, 3.63) is 29.8 Å². The summed E-state index contributed by atoms with van der Waals surface area (Å²) in [5.74, 6) is 3.04. The topological polar surface area (TPSA) is 58.6 Å². The van der Waals surface area contributed by atoms with Crippen LogP contribution in [0.4, 0.5) is 0 Å². The largest absolute Gasteiger partial charge is 0.496 e. The normalized spacial score (nSPS) is 30.2. The van der Waals surface area contributed by atoms with E-state index in [0.717, 1.165) is 30.6 Å². The quantitative estimate of drug-likeness (QED) is 0.736. The summed E-state index contributed by atoms with van der Waals surface area (Å²) in [6.45, 7) is 4.48. The molecule has 0 aliphatic heterocycles. The van der Waals surface area contributed by atoms with E-state index < -0.39 is 6.04 Å². The lowest BCUT2D eigenvalue weighted by atomic mass is 9.49. The first-order valence-corrected chi connectivity index (χ1v) is 11.5. The van der Waals surface area contributed by atoms with E-state index in [1.807, 2.05) is 38.1 Å². The molecule has 4 aliphatic rings. The van der Waals surface area contributed by atoms with E-state index >= 15 is 0 Å². The zero-order valence-electron chi connectivity index (χ0n) is 18.8. The van der Waals surface area contributed by atoms with E-state index in [0.29, 0.717) is 24.3 Å². The summed E-state index contributed by atoms with van der Waals surface area (Å²) in [7, 11) is 3.45. The Morgan fingerprint density at radius 3 is 2.20 bits per heavy atom. The highest BCUT2D eigenvalue weighted by atomic mass is 16.5. The zero-order chi connectivity index (χ0) is 21.5. The number of amides is 2. The number of methoxy groups -OCH3 is 1. The number of carbonyl (C=O) groups is 2. The van der Waals surface area contributed by atoms with E-state index in [4.69, 9.17) is 4.74 Å². The van der Waals surface area contributed by atoms with Crippen LogP contribution in [0.5, 0.6) is 5.75 Å². The van der Waals surface area contributed by atoms with Crippen molar-refractivity contribution in [1.82, 2.24) is 10.2 Å². The number of nitrogens with one attached hydrogen (secondary N) is 1. The van der Waals surface area contributed by atoms with Crippen molar-refractivity contribution in [3.8, 4) is 5.75 Å². The summed E-state index contributed by atoms with van der Waals surface area (Å²) in [5.41, 5.74) is 0.731. The van der Waals surface area contributed by atoms with Gasteiger partial charge in [-0.05, 0) is 68.3 Å². The van der Waals surface area contributed by atoms with Gasteiger partial charge in [0.25, 0.3) is 0 Å². The third-order valence-corrected chi connectivity index (χ3v) is 7.72. The number of nitrogens with zero attached hydrogens (tertiary/aromatic N) is 1. The molecule has 1 aromatic carbocycles. The van der Waals surface area contributed by atoms with Crippen LogP contribution >= 0.6 is 0 Å². The summed E-state index contributed by atoms with van der Waals surface area (Å²) in [5, 5.41) is 3.21. The minimum atomic E-state index is -0.495. The first kappa shape index (κ1) is 21.2. The number of para-hydroxylation sites is 1. The van der Waals surface area contributed by atoms with Crippen molar-refractivity contribution in [2.75, 3.05) is 14.2 Å². The molecule has 4 fully saturated rings. The maximum absolute atomic E-state index is 13.5. The molecule has 5 nitrogen and oxygen atoms in total. The Bertz CT molecular complexity index is 768. The standard InChI is InChI=1S/C25H36N2O3/c1-16(2)22(23(28)27(3)15-20-7-5-6-8-21(20)30-4)26-24(29)25-12-17-9-18(13-25)11-19(10-17)14-25/h5-8,16-19,22H,9-15H2,1-4H3,(H,26,29)/t17?,18?,19?,22-,25?/m0/s1. The van der Waals surface area contributed by atoms with Gasteiger partial charge in [0.2, 0.25) is 11.8 Å². The van der Waals surface area contributed by atoms with Gasteiger partial charge in [0.15, 0.2) is 0 Å². The molecule has 0 radical (unpaired) electrons. The minimum absolute atomic E-state index is 0.0333. The molecule has 4 saturated carbocycles. The van der Waals surface area contributed by atoms with Crippen molar-refractivity contribution in [2.24, 2.45) is 29.1 Å². The number of rotatable bonds is 7. The van der Waals surface area contributed by atoms with Crippen molar-refractivity contribution in [2.45, 2.75) is 65.0 Å². The van der Waals surface area contributed by atoms with Crippen LogP contribution in [-0.4, -0.2) is 36.9 Å². The number of hydrogen-bond donors (Lipinski definition) is 1. The summed E-state index contributed by atoms with van der Waals surface area (Å²) in [6, 6.07) is 7.26. The van der Waals surface area contributed by atoms with E-state index in [1.165, 1.54) is 19.3 Å². The molecule has 164 valence electrons. The fraction of sp³-hybridized carbons (Fsp3) is 0.680. The van der Waals surface area contributed by atoms with Crippen LogP contribution in [0.1, 0.15) is 57.9 Å². The lowest BCUT2D eigenvalue weighted by molar-refractivity contribution is -0.150. The van der Waals surface area contributed by atoms with Crippen LogP contribution in [0.25, 0.3) is 0 Å². The Hall–Kier alpha value is -2.04. The van der Waals surface area contributed by atoms with E-state index in [1.54, 1.807) is 19.1 Å². The number of ether oxygens (including phenoxy) is 1. The van der Waals surface area contributed by atoms with Crippen molar-refractivity contribution in [1.29, 1.82) is 0 Å². The molecule has 2 amide bonds. The third-order valence-electron chi connectivity index (χ3n) is 7.72. The van der Waals surface area contributed by atoms with Gasteiger partial charge >= 0.3 is 0 Å². The summed E-state index contributed by atoms with van der Waals surface area (Å²) in [6.07, 6.45) is 6.96. The molecule has 1 aromatic rings. The van der Waals surface area contributed by atoms with E-state index in [-0.39, 0.29) is 23.1 Å². The Kier molecular flexibility index (Phi) is 5.82. The van der Waals surface area contributed by atoms with Crippen molar-refractivity contribution < 1.29 is 14.3 Å². The molecule has 4 aliphatic carbocycles. The number of carbonyl (C=O) groups excluding carboxylic acids is 2. The minimum Gasteiger partial charge on any atom is -0.496 e. The predicted molar refractivity (Wildman–Crippen MR) is 117 cm³/mol. The number of hydrogen-bond acceptors (Lipinski definition) is 3. The van der Waals surface area contributed by atoms with Crippen LogP contribution in [-0.2, 0) is 16.1 Å². The van der Waals surface area contributed by atoms with Gasteiger partial charge in [0.1, 0.15) is 11.8 Å². The van der Waals surface area contributed by atoms with Crippen LogP contribution in [0.3, 0.4) is 0 Å². The van der Waals surface area contributed by atoms with Gasteiger partial charge in [-0.1, -0.05) is 32.0 Å². The number of likely N-dealkylation sites (N-methyl/N-ethyl adjacent to an activating group) is 1. The van der Waals surface area contributed by atoms with Gasteiger partial charge in [-0.3, -0.25) is 9.59 Å². The Morgan fingerprint density at radius 2 is 1.67 bits per heavy atom. The molecule has 0 aromatic heterocycles. The van der Waals surface area contributed by atoms with Gasteiger partial charge < -0.3 is 15.0 Å². The average Bonchev–Trinajstić information content (AvgIpc) is 2.70. The molecular weight excluding hydrogens is 376 g/mol. The highest BCUT2D eigenvalue weighted by Crippen LogP contribution is 2.60. The summed E-state index contributed by atoms with van der Waals surface area (Å²) >= 11 is 0. The van der Waals surface area contributed by atoms with Gasteiger partial charge in [0, 0.05) is 24.6 Å². The lowest BCUT2D eigenvalue weighted by Crippen LogP contribution is -2.58. The van der Waals surface area contributed by atoms with E-state index in [2.05, 4.69) is 5.32 Å². The molecule has 1 atom stereocenters. The Morgan fingerprint density at radius 1 is 1.10 bits per heavy atom. The highest BCUT2D eigenvalue weighted by molar-refractivity contribution is 5.90. The van der Waals surface area contributed by atoms with Crippen LogP contribution in [0.2, 0.25) is 0 Å². The fourth-order valence-corrected chi connectivity index (χ4v) is 6.60. The maximum Gasteiger partial charge on any atom is 0.245 e. The molecule has 4 bridgehead atoms. The smallest absolute Gasteiger partial charge is 0.245 e. The van der Waals surface area contributed by atoms with Crippen molar-refractivity contribution in [3.63, 3.8) is 0 Å². The van der Waals surface area contributed by atoms with Gasteiger partial charge in [-0.25, -0.2) is 0 Å². The SMILES string of the molecule is COc1ccccc1CN(C)C(=O)[C@@H](NC(=O)C12CC3CC(CC(C3)C1)C2)C(C)C. The van der Waals surface area contributed by atoms with Crippen LogP contribution < -0.4 is 10.1 Å². The third kappa shape index (κ3) is 3.95. The molecule has 30 heavy (non-hydrogen) atoms. The second-order valence-corrected chi connectivity index (χ2v) is 10.4. The van der Waals surface area contributed by atoms with Gasteiger partial charge in [-0.2, -0.15) is 0 Å². The average molecular weight is 413 g/mol. The zero-order valence-corrected chi connectivity index (χ0v) is 18.8. The molecule has 5 rings (SSSR count). The first-order chi connectivity index (χ1) is 14.3. The van der Waals surface area contributed by atoms with Gasteiger partial charge in [-0.15, -0.1) is 0 Å². The second-order valence-electron chi connectivity index (χ2n) is 10.4. The number of benzene rings is 1. The monoisotopic (exact) mass is 412 g/mol. The lowest BCUT2D eigenvalue weighted by Gasteiger charge is -2.56. The maximum atomic E-state index is 13.5.